The minimum atomic E-state index is -0.427. The van der Waals surface area contributed by atoms with Crippen LogP contribution in [0, 0.1) is 0 Å². The van der Waals surface area contributed by atoms with Crippen LogP contribution in [0.3, 0.4) is 0 Å². The molecule has 2 aromatic rings. The first-order valence-electron chi connectivity index (χ1n) is 8.98. The number of halogens is 2. The van der Waals surface area contributed by atoms with E-state index in [2.05, 4.69) is 17.4 Å². The van der Waals surface area contributed by atoms with Gasteiger partial charge in [0.15, 0.2) is 11.5 Å². The number of rotatable bonds is 3. The van der Waals surface area contributed by atoms with E-state index in [-0.39, 0.29) is 16.0 Å². The predicted octanol–water partition coefficient (Wildman–Crippen LogP) is 4.28. The van der Waals surface area contributed by atoms with E-state index in [4.69, 9.17) is 23.2 Å². The van der Waals surface area contributed by atoms with Crippen molar-refractivity contribution in [2.75, 3.05) is 18.4 Å². The van der Waals surface area contributed by atoms with Crippen molar-refractivity contribution in [1.29, 1.82) is 0 Å². The van der Waals surface area contributed by atoms with Crippen molar-refractivity contribution in [1.82, 2.24) is 4.90 Å². The van der Waals surface area contributed by atoms with Crippen LogP contribution in [-0.4, -0.2) is 34.1 Å². The summed E-state index contributed by atoms with van der Waals surface area (Å²) in [6.45, 7) is 1.66. The molecule has 2 aliphatic rings. The molecule has 5 nitrogen and oxygen atoms in total. The Bertz CT molecular complexity index is 917. The highest BCUT2D eigenvalue weighted by Gasteiger charge is 2.29. The zero-order chi connectivity index (χ0) is 19.1. The van der Waals surface area contributed by atoms with Crippen molar-refractivity contribution in [2.24, 2.45) is 0 Å². The van der Waals surface area contributed by atoms with Gasteiger partial charge in [0.25, 0.3) is 0 Å². The second kappa shape index (κ2) is 7.13. The fraction of sp³-hybridized carbons (Fsp3) is 0.350. The van der Waals surface area contributed by atoms with Gasteiger partial charge in [0.05, 0.1) is 10.0 Å². The lowest BCUT2D eigenvalue weighted by molar-refractivity contribution is -0.132. The molecule has 0 saturated heterocycles. The number of aromatic hydroxyl groups is 2. The number of para-hydroxylation sites is 1. The maximum absolute atomic E-state index is 12.7. The Morgan fingerprint density at radius 2 is 1.85 bits per heavy atom. The van der Waals surface area contributed by atoms with E-state index in [0.29, 0.717) is 43.0 Å². The number of fused-ring (bicyclic) bond motifs is 2. The summed E-state index contributed by atoms with van der Waals surface area (Å²) >= 11 is 12.3. The van der Waals surface area contributed by atoms with Gasteiger partial charge >= 0.3 is 0 Å². The third-order valence-electron chi connectivity index (χ3n) is 5.51. The summed E-state index contributed by atoms with van der Waals surface area (Å²) in [5.41, 5.74) is 3.74. The number of anilines is 1. The highest BCUT2D eigenvalue weighted by molar-refractivity contribution is 6.36. The standard InChI is InChI=1S/C20H20Cl2N2O3/c21-17-13-7-8-24(10-14(13)18(22)20(27)19(17)26)16(25)6-5-11-9-23-15-4-2-1-3-12(11)15/h1-4,11,23,26-27H,5-10H2. The number of nitrogens with one attached hydrogen (secondary N) is 1. The first-order valence-corrected chi connectivity index (χ1v) is 9.74. The van der Waals surface area contributed by atoms with E-state index in [1.807, 2.05) is 12.1 Å². The summed E-state index contributed by atoms with van der Waals surface area (Å²) in [4.78, 5) is 14.5. The Kier molecular flexibility index (Phi) is 4.82. The summed E-state index contributed by atoms with van der Waals surface area (Å²) in [5, 5.41) is 23.4. The highest BCUT2D eigenvalue weighted by atomic mass is 35.5. The second-order valence-corrected chi connectivity index (χ2v) is 7.81. The lowest BCUT2D eigenvalue weighted by atomic mass is 9.95. The molecule has 0 fully saturated rings. The van der Waals surface area contributed by atoms with Crippen molar-refractivity contribution >= 4 is 34.8 Å². The van der Waals surface area contributed by atoms with Gasteiger partial charge in [0, 0.05) is 37.7 Å². The highest BCUT2D eigenvalue weighted by Crippen LogP contribution is 2.46. The summed E-state index contributed by atoms with van der Waals surface area (Å²) in [6, 6.07) is 8.20. The molecule has 142 valence electrons. The quantitative estimate of drug-likeness (QED) is 0.665. The summed E-state index contributed by atoms with van der Waals surface area (Å²) in [6.07, 6.45) is 1.73. The third kappa shape index (κ3) is 3.19. The normalized spacial score (nSPS) is 18.0. The molecular weight excluding hydrogens is 387 g/mol. The lowest BCUT2D eigenvalue weighted by Gasteiger charge is -2.31. The van der Waals surface area contributed by atoms with Crippen LogP contribution in [0.2, 0.25) is 10.0 Å². The number of phenolic OH excluding ortho intramolecular Hbond substituents is 2. The maximum atomic E-state index is 12.7. The predicted molar refractivity (Wildman–Crippen MR) is 106 cm³/mol. The molecule has 1 unspecified atom stereocenters. The maximum Gasteiger partial charge on any atom is 0.222 e. The van der Waals surface area contributed by atoms with Crippen LogP contribution >= 0.6 is 23.2 Å². The smallest absolute Gasteiger partial charge is 0.222 e. The van der Waals surface area contributed by atoms with Crippen LogP contribution in [0.5, 0.6) is 11.5 Å². The van der Waals surface area contributed by atoms with Gasteiger partial charge in [0.1, 0.15) is 0 Å². The molecule has 1 amide bonds. The Hall–Kier alpha value is -2.11. The molecule has 0 aliphatic carbocycles. The minimum absolute atomic E-state index is 0.0600. The van der Waals surface area contributed by atoms with Gasteiger partial charge in [-0.25, -0.2) is 0 Å². The molecule has 0 spiro atoms. The van der Waals surface area contributed by atoms with Crippen LogP contribution in [-0.2, 0) is 17.8 Å². The number of amides is 1. The summed E-state index contributed by atoms with van der Waals surface area (Å²) in [5.74, 6) is -0.429. The molecular formula is C20H20Cl2N2O3. The van der Waals surface area contributed by atoms with Crippen LogP contribution in [0.15, 0.2) is 24.3 Å². The Morgan fingerprint density at radius 1 is 1.15 bits per heavy atom. The number of phenols is 2. The van der Waals surface area contributed by atoms with Gasteiger partial charge in [-0.05, 0) is 35.6 Å². The molecule has 2 heterocycles. The first-order chi connectivity index (χ1) is 13.0. The minimum Gasteiger partial charge on any atom is -0.503 e. The number of hydrogen-bond donors (Lipinski definition) is 3. The first kappa shape index (κ1) is 18.3. The molecule has 0 saturated carbocycles. The second-order valence-electron chi connectivity index (χ2n) is 7.05. The molecule has 27 heavy (non-hydrogen) atoms. The number of benzene rings is 2. The average molecular weight is 407 g/mol. The van der Waals surface area contributed by atoms with Crippen molar-refractivity contribution < 1.29 is 15.0 Å². The van der Waals surface area contributed by atoms with Crippen LogP contribution in [0.1, 0.15) is 35.4 Å². The number of carbonyl (C=O) groups excluding carboxylic acids is 1. The molecule has 0 radical (unpaired) electrons. The Morgan fingerprint density at radius 3 is 2.63 bits per heavy atom. The largest absolute Gasteiger partial charge is 0.503 e. The fourth-order valence-corrected chi connectivity index (χ4v) is 4.55. The zero-order valence-electron chi connectivity index (χ0n) is 14.6. The molecule has 4 rings (SSSR count). The topological polar surface area (TPSA) is 72.8 Å². The summed E-state index contributed by atoms with van der Waals surface area (Å²) in [7, 11) is 0. The van der Waals surface area contributed by atoms with Gasteiger partial charge in [-0.15, -0.1) is 0 Å². The number of carbonyl (C=O) groups is 1. The molecule has 0 bridgehead atoms. The van der Waals surface area contributed by atoms with Gasteiger partial charge in [-0.1, -0.05) is 41.4 Å². The average Bonchev–Trinajstić information content (AvgIpc) is 3.11. The molecule has 3 N–H and O–H groups in total. The molecule has 0 aromatic heterocycles. The third-order valence-corrected chi connectivity index (χ3v) is 6.33. The van der Waals surface area contributed by atoms with Crippen molar-refractivity contribution in [2.45, 2.75) is 31.7 Å². The van der Waals surface area contributed by atoms with Crippen LogP contribution in [0.4, 0.5) is 5.69 Å². The van der Waals surface area contributed by atoms with E-state index < -0.39 is 11.5 Å². The van der Waals surface area contributed by atoms with E-state index in [9.17, 15) is 15.0 Å². The van der Waals surface area contributed by atoms with E-state index in [0.717, 1.165) is 18.7 Å². The van der Waals surface area contributed by atoms with Gasteiger partial charge in [0.2, 0.25) is 5.91 Å². The van der Waals surface area contributed by atoms with Crippen LogP contribution < -0.4 is 5.32 Å². The van der Waals surface area contributed by atoms with E-state index in [1.54, 1.807) is 4.90 Å². The van der Waals surface area contributed by atoms with Crippen molar-refractivity contribution in [3.8, 4) is 11.5 Å². The monoisotopic (exact) mass is 406 g/mol. The van der Waals surface area contributed by atoms with E-state index in [1.165, 1.54) is 5.56 Å². The van der Waals surface area contributed by atoms with Crippen molar-refractivity contribution in [3.63, 3.8) is 0 Å². The SMILES string of the molecule is O=C(CCC1CNc2ccccc21)N1CCc2c(Cl)c(O)c(O)c(Cl)c2C1. The van der Waals surface area contributed by atoms with Gasteiger partial charge in [-0.3, -0.25) is 4.79 Å². The molecule has 1 atom stereocenters. The number of nitrogens with zero attached hydrogens (tertiary/aromatic N) is 1. The zero-order valence-corrected chi connectivity index (χ0v) is 16.1. The van der Waals surface area contributed by atoms with E-state index >= 15 is 0 Å². The Balaban J connectivity index is 1.45. The van der Waals surface area contributed by atoms with Crippen molar-refractivity contribution in [3.05, 3.63) is 51.0 Å². The van der Waals surface area contributed by atoms with Crippen LogP contribution in [0.25, 0.3) is 0 Å². The molecule has 2 aromatic carbocycles. The summed E-state index contributed by atoms with van der Waals surface area (Å²) < 4.78 is 0. The van der Waals surface area contributed by atoms with Gasteiger partial charge in [-0.2, -0.15) is 0 Å². The molecule has 2 aliphatic heterocycles. The van der Waals surface area contributed by atoms with Gasteiger partial charge < -0.3 is 20.4 Å². The lowest BCUT2D eigenvalue weighted by Crippen LogP contribution is -2.36. The Labute approximate surface area is 167 Å². The number of hydrogen-bond acceptors (Lipinski definition) is 4. The molecule has 7 heteroatoms. The fourth-order valence-electron chi connectivity index (χ4n) is 3.98.